The smallest absolute Gasteiger partial charge is 0.134 e. The van der Waals surface area contributed by atoms with Crippen LogP contribution in [0.1, 0.15) is 17.4 Å². The predicted molar refractivity (Wildman–Crippen MR) is 76.3 cm³/mol. The van der Waals surface area contributed by atoms with Crippen molar-refractivity contribution in [3.8, 4) is 0 Å². The van der Waals surface area contributed by atoms with Crippen LogP contribution < -0.4 is 11.3 Å². The second-order valence-corrected chi connectivity index (χ2v) is 4.81. The van der Waals surface area contributed by atoms with E-state index in [4.69, 9.17) is 10.3 Å². The van der Waals surface area contributed by atoms with Crippen LogP contribution in [0.25, 0.3) is 11.0 Å². The van der Waals surface area contributed by atoms with Crippen LogP contribution in [0.5, 0.6) is 0 Å². The fourth-order valence-electron chi connectivity index (χ4n) is 2.35. The van der Waals surface area contributed by atoms with Crippen molar-refractivity contribution in [3.63, 3.8) is 0 Å². The van der Waals surface area contributed by atoms with Gasteiger partial charge in [0.15, 0.2) is 0 Å². The summed E-state index contributed by atoms with van der Waals surface area (Å²) in [6.07, 6.45) is 0.0643. The van der Waals surface area contributed by atoms with E-state index in [0.717, 1.165) is 5.39 Å². The van der Waals surface area contributed by atoms with Gasteiger partial charge in [0, 0.05) is 17.4 Å². The predicted octanol–water partition coefficient (Wildman–Crippen LogP) is 3.46. The minimum atomic E-state index is -0.591. The number of nitrogens with one attached hydrogen (secondary N) is 1. The normalized spacial score (nSPS) is 12.7. The molecule has 108 valence electrons. The molecule has 5 heteroatoms. The van der Waals surface area contributed by atoms with E-state index in [1.165, 1.54) is 18.2 Å². The number of rotatable bonds is 4. The van der Waals surface area contributed by atoms with Crippen molar-refractivity contribution in [2.75, 3.05) is 0 Å². The van der Waals surface area contributed by atoms with Gasteiger partial charge >= 0.3 is 0 Å². The van der Waals surface area contributed by atoms with E-state index in [2.05, 4.69) is 5.43 Å². The number of hydrogen-bond donors (Lipinski definition) is 2. The number of nitrogens with two attached hydrogens (primary N) is 1. The van der Waals surface area contributed by atoms with Crippen molar-refractivity contribution in [1.29, 1.82) is 0 Å². The molecule has 3 aromatic rings. The Labute approximate surface area is 120 Å². The highest BCUT2D eigenvalue weighted by Gasteiger charge is 2.19. The maximum atomic E-state index is 13.7. The molecule has 0 radical (unpaired) electrons. The molecular formula is C16H14F2N2O. The van der Waals surface area contributed by atoms with Crippen LogP contribution in [0.4, 0.5) is 8.78 Å². The Bertz CT molecular complexity index is 717. The first-order valence-electron chi connectivity index (χ1n) is 6.56. The topological polar surface area (TPSA) is 51.2 Å². The van der Waals surface area contributed by atoms with Crippen molar-refractivity contribution in [2.45, 2.75) is 12.5 Å². The first-order valence-corrected chi connectivity index (χ1v) is 6.56. The molecule has 1 unspecified atom stereocenters. The highest BCUT2D eigenvalue weighted by molar-refractivity contribution is 5.77. The third-order valence-corrected chi connectivity index (χ3v) is 3.46. The van der Waals surface area contributed by atoms with Gasteiger partial charge < -0.3 is 4.42 Å². The lowest BCUT2D eigenvalue weighted by molar-refractivity contribution is 0.422. The van der Waals surface area contributed by atoms with Crippen molar-refractivity contribution < 1.29 is 13.2 Å². The number of para-hydroxylation sites is 1. The highest BCUT2D eigenvalue weighted by atomic mass is 19.1. The zero-order chi connectivity index (χ0) is 14.8. The maximum absolute atomic E-state index is 13.7. The summed E-state index contributed by atoms with van der Waals surface area (Å²) in [6.45, 7) is 0. The Morgan fingerprint density at radius 1 is 1.05 bits per heavy atom. The lowest BCUT2D eigenvalue weighted by atomic mass is 10.0. The fourth-order valence-corrected chi connectivity index (χ4v) is 2.35. The molecule has 3 N–H and O–H groups in total. The summed E-state index contributed by atoms with van der Waals surface area (Å²) in [5.41, 5.74) is 3.25. The molecule has 0 aliphatic carbocycles. The van der Waals surface area contributed by atoms with Crippen LogP contribution in [0.15, 0.2) is 52.9 Å². The molecule has 1 aromatic heterocycles. The second kappa shape index (κ2) is 5.63. The number of hydrogen-bond acceptors (Lipinski definition) is 3. The van der Waals surface area contributed by atoms with E-state index in [-0.39, 0.29) is 12.0 Å². The third kappa shape index (κ3) is 2.66. The Hall–Kier alpha value is -2.24. The van der Waals surface area contributed by atoms with E-state index < -0.39 is 17.7 Å². The van der Waals surface area contributed by atoms with Crippen LogP contribution in [0, 0.1) is 11.6 Å². The number of benzene rings is 2. The highest BCUT2D eigenvalue weighted by Crippen LogP contribution is 2.27. The fraction of sp³-hybridized carbons (Fsp3) is 0.125. The van der Waals surface area contributed by atoms with Gasteiger partial charge in [0.2, 0.25) is 0 Å². The van der Waals surface area contributed by atoms with E-state index >= 15 is 0 Å². The van der Waals surface area contributed by atoms with Crippen LogP contribution in [-0.4, -0.2) is 0 Å². The molecule has 3 nitrogen and oxygen atoms in total. The molecule has 0 spiro atoms. The van der Waals surface area contributed by atoms with Crippen LogP contribution in [0.2, 0.25) is 0 Å². The molecule has 0 amide bonds. The largest absolute Gasteiger partial charge is 0.459 e. The average Bonchev–Trinajstić information content (AvgIpc) is 2.90. The summed E-state index contributed by atoms with van der Waals surface area (Å²) >= 11 is 0. The van der Waals surface area contributed by atoms with Gasteiger partial charge in [0.25, 0.3) is 0 Å². The van der Waals surface area contributed by atoms with Gasteiger partial charge in [-0.1, -0.05) is 24.3 Å². The second-order valence-electron chi connectivity index (χ2n) is 4.81. The summed E-state index contributed by atoms with van der Waals surface area (Å²) in [5.74, 6) is 4.88. The van der Waals surface area contributed by atoms with Crippen molar-refractivity contribution in [2.24, 2.45) is 5.84 Å². The summed E-state index contributed by atoms with van der Waals surface area (Å²) in [4.78, 5) is 0. The van der Waals surface area contributed by atoms with Gasteiger partial charge in [0.1, 0.15) is 23.0 Å². The Balaban J connectivity index is 1.95. The third-order valence-electron chi connectivity index (χ3n) is 3.46. The maximum Gasteiger partial charge on any atom is 0.134 e. The van der Waals surface area contributed by atoms with E-state index in [1.807, 2.05) is 30.3 Å². The van der Waals surface area contributed by atoms with Gasteiger partial charge in [-0.2, -0.15) is 0 Å². The minimum Gasteiger partial charge on any atom is -0.459 e. The van der Waals surface area contributed by atoms with E-state index in [1.54, 1.807) is 0 Å². The van der Waals surface area contributed by atoms with Gasteiger partial charge in [-0.05, 0) is 24.3 Å². The van der Waals surface area contributed by atoms with Crippen LogP contribution in [-0.2, 0) is 6.42 Å². The Morgan fingerprint density at radius 3 is 2.43 bits per heavy atom. The quantitative estimate of drug-likeness (QED) is 0.571. The Morgan fingerprint density at radius 2 is 1.76 bits per heavy atom. The first-order chi connectivity index (χ1) is 10.2. The molecule has 2 aromatic carbocycles. The molecule has 0 aliphatic heterocycles. The summed E-state index contributed by atoms with van der Waals surface area (Å²) in [6, 6.07) is 12.6. The van der Waals surface area contributed by atoms with E-state index in [0.29, 0.717) is 11.3 Å². The monoisotopic (exact) mass is 288 g/mol. The van der Waals surface area contributed by atoms with Gasteiger partial charge in [-0.3, -0.25) is 5.84 Å². The van der Waals surface area contributed by atoms with Gasteiger partial charge in [0.05, 0.1) is 6.04 Å². The van der Waals surface area contributed by atoms with Crippen molar-refractivity contribution in [1.82, 2.24) is 5.43 Å². The molecule has 0 saturated heterocycles. The zero-order valence-corrected chi connectivity index (χ0v) is 11.1. The molecule has 1 heterocycles. The van der Waals surface area contributed by atoms with Crippen LogP contribution in [0.3, 0.4) is 0 Å². The lowest BCUT2D eigenvalue weighted by Gasteiger charge is -2.14. The molecule has 21 heavy (non-hydrogen) atoms. The average molecular weight is 288 g/mol. The number of furan rings is 1. The SMILES string of the molecule is NNC(Cc1c(F)cccc1F)c1cc2ccccc2o1. The van der Waals surface area contributed by atoms with Crippen molar-refractivity contribution >= 4 is 11.0 Å². The Kier molecular flexibility index (Phi) is 3.68. The molecule has 0 bridgehead atoms. The number of hydrazine groups is 1. The number of fused-ring (bicyclic) bond motifs is 1. The molecule has 0 aliphatic rings. The van der Waals surface area contributed by atoms with Crippen LogP contribution >= 0.6 is 0 Å². The minimum absolute atomic E-state index is 0.0130. The standard InChI is InChI=1S/C16H14F2N2O/c17-12-5-3-6-13(18)11(12)9-14(20-19)16-8-10-4-1-2-7-15(10)21-16/h1-8,14,20H,9,19H2. The van der Waals surface area contributed by atoms with Gasteiger partial charge in [-0.25, -0.2) is 14.2 Å². The van der Waals surface area contributed by atoms with Crippen molar-refractivity contribution in [3.05, 3.63) is 71.5 Å². The lowest BCUT2D eigenvalue weighted by Crippen LogP contribution is -2.29. The number of halogens is 2. The van der Waals surface area contributed by atoms with E-state index in [9.17, 15) is 8.78 Å². The molecular weight excluding hydrogens is 274 g/mol. The molecule has 0 saturated carbocycles. The van der Waals surface area contributed by atoms with Gasteiger partial charge in [-0.15, -0.1) is 0 Å². The summed E-state index contributed by atoms with van der Waals surface area (Å²) in [7, 11) is 0. The molecule has 1 atom stereocenters. The molecule has 3 rings (SSSR count). The molecule has 0 fully saturated rings. The summed E-state index contributed by atoms with van der Waals surface area (Å²) in [5, 5.41) is 0.918. The zero-order valence-electron chi connectivity index (χ0n) is 11.1. The summed E-state index contributed by atoms with van der Waals surface area (Å²) < 4.78 is 33.1. The first kappa shape index (κ1) is 13.7.